The number of carboxylic acid groups (broad SMARTS) is 2. The van der Waals surface area contributed by atoms with Gasteiger partial charge in [0.05, 0.1) is 13.2 Å². The van der Waals surface area contributed by atoms with E-state index in [2.05, 4.69) is 9.47 Å². The molecular weight excluding hydrogens is 228 g/mol. The molecule has 100 valence electrons. The molecule has 0 spiro atoms. The molecule has 0 heterocycles. The molecule has 0 unspecified atom stereocenters. The van der Waals surface area contributed by atoms with Crippen LogP contribution in [0.4, 0.5) is 9.59 Å². The first-order chi connectivity index (χ1) is 7.95. The third-order valence-electron chi connectivity index (χ3n) is 3.22. The molecule has 17 heavy (non-hydrogen) atoms. The van der Waals surface area contributed by atoms with Gasteiger partial charge in [-0.2, -0.15) is 0 Å². The van der Waals surface area contributed by atoms with E-state index in [-0.39, 0.29) is 18.6 Å². The van der Waals surface area contributed by atoms with E-state index in [0.717, 1.165) is 12.8 Å². The summed E-state index contributed by atoms with van der Waals surface area (Å²) in [6.45, 7) is 4.24. The van der Waals surface area contributed by atoms with Gasteiger partial charge in [-0.25, -0.2) is 9.59 Å². The highest BCUT2D eigenvalue weighted by Gasteiger charge is 2.26. The molecule has 6 heteroatoms. The van der Waals surface area contributed by atoms with E-state index < -0.39 is 12.3 Å². The number of rotatable bonds is 8. The average Bonchev–Trinajstić information content (AvgIpc) is 2.26. The van der Waals surface area contributed by atoms with Crippen molar-refractivity contribution in [3.05, 3.63) is 0 Å². The molecule has 0 aromatic heterocycles. The second kappa shape index (κ2) is 7.76. The molecule has 2 N–H and O–H groups in total. The van der Waals surface area contributed by atoms with E-state index in [4.69, 9.17) is 10.2 Å². The number of ether oxygens (including phenoxy) is 2. The lowest BCUT2D eigenvalue weighted by Crippen LogP contribution is -2.24. The minimum atomic E-state index is -1.28. The van der Waals surface area contributed by atoms with E-state index in [1.807, 2.05) is 13.8 Å². The Hall–Kier alpha value is -1.46. The summed E-state index contributed by atoms with van der Waals surface area (Å²) in [5.74, 6) is 0. The van der Waals surface area contributed by atoms with Crippen LogP contribution >= 0.6 is 0 Å². The first kappa shape index (κ1) is 15.5. The van der Waals surface area contributed by atoms with Gasteiger partial charge >= 0.3 is 12.3 Å². The highest BCUT2D eigenvalue weighted by Crippen LogP contribution is 2.34. The van der Waals surface area contributed by atoms with Crippen molar-refractivity contribution in [2.75, 3.05) is 13.2 Å². The molecule has 0 bridgehead atoms. The van der Waals surface area contributed by atoms with Gasteiger partial charge in [0.15, 0.2) is 0 Å². The lowest BCUT2D eigenvalue weighted by molar-refractivity contribution is 0.0528. The summed E-state index contributed by atoms with van der Waals surface area (Å²) in [5, 5.41) is 16.8. The van der Waals surface area contributed by atoms with Gasteiger partial charge in [-0.1, -0.05) is 26.7 Å². The van der Waals surface area contributed by atoms with E-state index >= 15 is 0 Å². The van der Waals surface area contributed by atoms with Crippen molar-refractivity contribution in [1.82, 2.24) is 0 Å². The van der Waals surface area contributed by atoms with Crippen LogP contribution in [-0.2, 0) is 9.47 Å². The van der Waals surface area contributed by atoms with Gasteiger partial charge in [0.25, 0.3) is 0 Å². The highest BCUT2D eigenvalue weighted by molar-refractivity contribution is 5.57. The van der Waals surface area contributed by atoms with Crippen molar-refractivity contribution in [2.24, 2.45) is 5.41 Å². The van der Waals surface area contributed by atoms with Crippen LogP contribution in [0.3, 0.4) is 0 Å². The third-order valence-corrected chi connectivity index (χ3v) is 3.22. The summed E-state index contributed by atoms with van der Waals surface area (Å²) in [5.41, 5.74) is -0.120. The lowest BCUT2D eigenvalue weighted by Gasteiger charge is -2.31. The first-order valence-corrected chi connectivity index (χ1v) is 5.67. The molecule has 0 saturated heterocycles. The van der Waals surface area contributed by atoms with Crippen LogP contribution in [0.2, 0.25) is 0 Å². The molecular formula is C11H20O6. The lowest BCUT2D eigenvalue weighted by atomic mass is 9.77. The van der Waals surface area contributed by atoms with Crippen LogP contribution in [0.25, 0.3) is 0 Å². The van der Waals surface area contributed by atoms with Crippen molar-refractivity contribution in [3.63, 3.8) is 0 Å². The van der Waals surface area contributed by atoms with Crippen LogP contribution in [-0.4, -0.2) is 35.7 Å². The van der Waals surface area contributed by atoms with Crippen LogP contribution in [0.15, 0.2) is 0 Å². The monoisotopic (exact) mass is 248 g/mol. The fourth-order valence-corrected chi connectivity index (χ4v) is 1.79. The average molecular weight is 248 g/mol. The topological polar surface area (TPSA) is 93.1 Å². The van der Waals surface area contributed by atoms with Gasteiger partial charge in [0, 0.05) is 0 Å². The predicted molar refractivity (Wildman–Crippen MR) is 60.2 cm³/mol. The van der Waals surface area contributed by atoms with E-state index in [1.165, 1.54) is 0 Å². The zero-order valence-corrected chi connectivity index (χ0v) is 10.3. The van der Waals surface area contributed by atoms with Gasteiger partial charge < -0.3 is 19.7 Å². The Bertz CT molecular complexity index is 224. The van der Waals surface area contributed by atoms with Crippen molar-refractivity contribution in [1.29, 1.82) is 0 Å². The number of hydrogen-bond donors (Lipinski definition) is 2. The number of carbonyl (C=O) groups is 2. The SMILES string of the molecule is CCC(CC)(CCOC(=O)O)CCOC(=O)O. The minimum Gasteiger partial charge on any atom is -0.450 e. The second-order valence-electron chi connectivity index (χ2n) is 3.94. The summed E-state index contributed by atoms with van der Waals surface area (Å²) in [4.78, 5) is 20.5. The maximum absolute atomic E-state index is 10.2. The third kappa shape index (κ3) is 6.65. The van der Waals surface area contributed by atoms with E-state index in [9.17, 15) is 9.59 Å². The fourth-order valence-electron chi connectivity index (χ4n) is 1.79. The molecule has 0 aromatic rings. The molecule has 0 amide bonds. The molecule has 0 aliphatic carbocycles. The van der Waals surface area contributed by atoms with Gasteiger partial charge in [-0.3, -0.25) is 0 Å². The van der Waals surface area contributed by atoms with Crippen molar-refractivity contribution >= 4 is 12.3 Å². The predicted octanol–water partition coefficient (Wildman–Crippen LogP) is 2.96. The molecule has 0 aliphatic heterocycles. The Labute approximate surface area is 101 Å². The quantitative estimate of drug-likeness (QED) is 0.641. The van der Waals surface area contributed by atoms with Crippen LogP contribution in [0.5, 0.6) is 0 Å². The summed E-state index contributed by atoms with van der Waals surface area (Å²) in [6, 6.07) is 0. The Balaban J connectivity index is 4.14. The molecule has 0 atom stereocenters. The Morgan fingerprint density at radius 1 is 0.941 bits per heavy atom. The Morgan fingerprint density at radius 2 is 1.29 bits per heavy atom. The van der Waals surface area contributed by atoms with Crippen molar-refractivity contribution in [2.45, 2.75) is 39.5 Å². The molecule has 0 saturated carbocycles. The van der Waals surface area contributed by atoms with Crippen molar-refractivity contribution in [3.8, 4) is 0 Å². The van der Waals surface area contributed by atoms with Crippen LogP contribution in [0.1, 0.15) is 39.5 Å². The summed E-state index contributed by atoms with van der Waals surface area (Å²) >= 11 is 0. The van der Waals surface area contributed by atoms with Gasteiger partial charge in [-0.15, -0.1) is 0 Å². The van der Waals surface area contributed by atoms with Crippen LogP contribution in [0, 0.1) is 5.41 Å². The zero-order valence-electron chi connectivity index (χ0n) is 10.3. The molecule has 0 aliphatic rings. The van der Waals surface area contributed by atoms with Crippen molar-refractivity contribution < 1.29 is 29.3 Å². The molecule has 0 aromatic carbocycles. The van der Waals surface area contributed by atoms with Gasteiger partial charge in [0.1, 0.15) is 0 Å². The smallest absolute Gasteiger partial charge is 0.450 e. The second-order valence-corrected chi connectivity index (χ2v) is 3.94. The summed E-state index contributed by atoms with van der Waals surface area (Å²) in [7, 11) is 0. The van der Waals surface area contributed by atoms with Gasteiger partial charge in [0.2, 0.25) is 0 Å². The molecule has 0 rings (SSSR count). The summed E-state index contributed by atoms with van der Waals surface area (Å²) < 4.78 is 8.98. The molecule has 0 radical (unpaired) electrons. The first-order valence-electron chi connectivity index (χ1n) is 5.67. The normalized spacial score (nSPS) is 10.9. The fraction of sp³-hybridized carbons (Fsp3) is 0.818. The van der Waals surface area contributed by atoms with E-state index in [0.29, 0.717) is 12.8 Å². The standard InChI is InChI=1S/C11H20O6/c1-3-11(4-2,5-7-16-9(12)13)6-8-17-10(14)15/h3-8H2,1-2H3,(H,12,13)(H,14,15). The summed E-state index contributed by atoms with van der Waals surface area (Å²) in [6.07, 6.45) is 0.246. The van der Waals surface area contributed by atoms with Crippen LogP contribution < -0.4 is 0 Å². The highest BCUT2D eigenvalue weighted by atomic mass is 16.7. The number of hydrogen-bond acceptors (Lipinski definition) is 4. The van der Waals surface area contributed by atoms with E-state index in [1.54, 1.807) is 0 Å². The zero-order chi connectivity index (χ0) is 13.3. The Morgan fingerprint density at radius 3 is 1.53 bits per heavy atom. The minimum absolute atomic E-state index is 0.120. The van der Waals surface area contributed by atoms with Gasteiger partial charge in [-0.05, 0) is 18.3 Å². The maximum atomic E-state index is 10.2. The maximum Gasteiger partial charge on any atom is 0.505 e. The molecule has 0 fully saturated rings. The molecule has 6 nitrogen and oxygen atoms in total. The Kier molecular flexibility index (Phi) is 7.09. The largest absolute Gasteiger partial charge is 0.505 e.